The van der Waals surface area contributed by atoms with Crippen LogP contribution in [0.2, 0.25) is 0 Å². The molecule has 6 nitrogen and oxygen atoms in total. The van der Waals surface area contributed by atoms with Crippen LogP contribution in [0.3, 0.4) is 0 Å². The smallest absolute Gasteiger partial charge is 0.379 e. The Labute approximate surface area is 141 Å². The summed E-state index contributed by atoms with van der Waals surface area (Å²) in [5, 5.41) is 6.33. The van der Waals surface area contributed by atoms with Crippen LogP contribution < -0.4 is 10.6 Å². The molecule has 9 heteroatoms. The fourth-order valence-electron chi connectivity index (χ4n) is 2.37. The molecule has 0 atom stereocenters. The second-order valence-electron chi connectivity index (χ2n) is 6.29. The topological polar surface area (TPSA) is 58.1 Å². The van der Waals surface area contributed by atoms with Crippen LogP contribution in [0.1, 0.15) is 20.3 Å². The molecule has 0 aromatic rings. The quantitative estimate of drug-likeness (QED) is 0.390. The largest absolute Gasteiger partial charge is 0.411 e. The highest BCUT2D eigenvalue weighted by Crippen LogP contribution is 2.15. The monoisotopic (exact) mass is 354 g/mol. The molecule has 1 saturated heterocycles. The van der Waals surface area contributed by atoms with Gasteiger partial charge in [0.1, 0.15) is 6.61 Å². The minimum absolute atomic E-state index is 0.0444. The summed E-state index contributed by atoms with van der Waals surface area (Å²) < 4.78 is 45.7. The third kappa shape index (κ3) is 8.70. The van der Waals surface area contributed by atoms with Crippen molar-refractivity contribution in [1.82, 2.24) is 15.5 Å². The van der Waals surface area contributed by atoms with Crippen LogP contribution in [0, 0.1) is 0 Å². The summed E-state index contributed by atoms with van der Waals surface area (Å²) in [6.07, 6.45) is -3.79. The molecule has 0 radical (unpaired) electrons. The van der Waals surface area contributed by atoms with Crippen LogP contribution in [0.25, 0.3) is 0 Å². The zero-order chi connectivity index (χ0) is 18.1. The van der Waals surface area contributed by atoms with Gasteiger partial charge in [-0.2, -0.15) is 13.2 Å². The van der Waals surface area contributed by atoms with Crippen LogP contribution in [-0.2, 0) is 9.47 Å². The average molecular weight is 354 g/mol. The van der Waals surface area contributed by atoms with E-state index < -0.39 is 12.8 Å². The van der Waals surface area contributed by atoms with Crippen molar-refractivity contribution in [3.63, 3.8) is 0 Å². The van der Waals surface area contributed by atoms with Gasteiger partial charge in [-0.1, -0.05) is 0 Å². The number of rotatable bonds is 8. The zero-order valence-corrected chi connectivity index (χ0v) is 14.7. The SMILES string of the molecule is CN=C(NCCCOCC(F)(F)F)NCC(C)(C)N1CCOCC1. The van der Waals surface area contributed by atoms with Crippen molar-refractivity contribution in [3.8, 4) is 0 Å². The van der Waals surface area contributed by atoms with Crippen LogP contribution in [0.15, 0.2) is 4.99 Å². The normalized spacial score (nSPS) is 17.8. The maximum Gasteiger partial charge on any atom is 0.411 e. The van der Waals surface area contributed by atoms with Gasteiger partial charge in [0, 0.05) is 45.4 Å². The van der Waals surface area contributed by atoms with Crippen LogP contribution in [0.4, 0.5) is 13.2 Å². The van der Waals surface area contributed by atoms with E-state index >= 15 is 0 Å². The molecule has 1 heterocycles. The second-order valence-corrected chi connectivity index (χ2v) is 6.29. The third-order valence-corrected chi connectivity index (χ3v) is 3.80. The Morgan fingerprint density at radius 2 is 1.88 bits per heavy atom. The predicted octanol–water partition coefficient (Wildman–Crippen LogP) is 1.23. The van der Waals surface area contributed by atoms with E-state index in [1.54, 1.807) is 7.05 Å². The van der Waals surface area contributed by atoms with E-state index in [1.807, 2.05) is 0 Å². The highest BCUT2D eigenvalue weighted by molar-refractivity contribution is 5.79. The molecule has 0 aromatic heterocycles. The Kier molecular flexibility index (Phi) is 8.79. The van der Waals surface area contributed by atoms with E-state index in [9.17, 15) is 13.2 Å². The summed E-state index contributed by atoms with van der Waals surface area (Å²) >= 11 is 0. The molecular formula is C15H29F3N4O2. The Morgan fingerprint density at radius 3 is 2.46 bits per heavy atom. The van der Waals surface area contributed by atoms with Crippen molar-refractivity contribution in [2.75, 3.05) is 59.7 Å². The molecule has 0 aliphatic carbocycles. The number of halogens is 3. The zero-order valence-electron chi connectivity index (χ0n) is 14.7. The molecule has 0 bridgehead atoms. The summed E-state index contributed by atoms with van der Waals surface area (Å²) in [6.45, 7) is 7.66. The van der Waals surface area contributed by atoms with Gasteiger partial charge in [0.15, 0.2) is 5.96 Å². The summed E-state index contributed by atoms with van der Waals surface area (Å²) in [7, 11) is 1.66. The number of ether oxygens (including phenoxy) is 2. The lowest BCUT2D eigenvalue weighted by Crippen LogP contribution is -2.56. The van der Waals surface area contributed by atoms with E-state index in [0.717, 1.165) is 26.3 Å². The first kappa shape index (κ1) is 21.0. The Balaban J connectivity index is 2.20. The van der Waals surface area contributed by atoms with E-state index in [1.165, 1.54) is 0 Å². The van der Waals surface area contributed by atoms with Crippen molar-refractivity contribution in [2.24, 2.45) is 4.99 Å². The highest BCUT2D eigenvalue weighted by Gasteiger charge is 2.28. The Hall–Kier alpha value is -1.06. The average Bonchev–Trinajstić information content (AvgIpc) is 2.53. The molecule has 1 rings (SSSR count). The predicted molar refractivity (Wildman–Crippen MR) is 87.3 cm³/mol. The van der Waals surface area contributed by atoms with Crippen molar-refractivity contribution in [1.29, 1.82) is 0 Å². The first-order valence-corrected chi connectivity index (χ1v) is 8.16. The minimum Gasteiger partial charge on any atom is -0.379 e. The lowest BCUT2D eigenvalue weighted by Gasteiger charge is -2.41. The maximum absolute atomic E-state index is 11.9. The van der Waals surface area contributed by atoms with Gasteiger partial charge in [0.05, 0.1) is 13.2 Å². The molecule has 24 heavy (non-hydrogen) atoms. The molecule has 0 aromatic carbocycles. The molecule has 1 aliphatic rings. The van der Waals surface area contributed by atoms with Crippen molar-refractivity contribution >= 4 is 5.96 Å². The second kappa shape index (κ2) is 10.0. The van der Waals surface area contributed by atoms with Crippen molar-refractivity contribution in [3.05, 3.63) is 0 Å². The molecule has 0 spiro atoms. The maximum atomic E-state index is 11.9. The first-order valence-electron chi connectivity index (χ1n) is 8.16. The van der Waals surface area contributed by atoms with Gasteiger partial charge >= 0.3 is 6.18 Å². The first-order chi connectivity index (χ1) is 11.2. The Bertz CT molecular complexity index is 383. The summed E-state index contributed by atoms with van der Waals surface area (Å²) in [5.74, 6) is 0.632. The van der Waals surface area contributed by atoms with Gasteiger partial charge in [-0.15, -0.1) is 0 Å². The summed E-state index contributed by atoms with van der Waals surface area (Å²) in [5.41, 5.74) is -0.0444. The number of hydrogen-bond donors (Lipinski definition) is 2. The number of guanidine groups is 1. The van der Waals surface area contributed by atoms with Crippen LogP contribution in [0.5, 0.6) is 0 Å². The number of alkyl halides is 3. The van der Waals surface area contributed by atoms with E-state index in [4.69, 9.17) is 4.74 Å². The molecule has 1 fully saturated rings. The molecule has 0 unspecified atom stereocenters. The van der Waals surface area contributed by atoms with Gasteiger partial charge in [-0.3, -0.25) is 9.89 Å². The van der Waals surface area contributed by atoms with Crippen LogP contribution >= 0.6 is 0 Å². The number of morpholine rings is 1. The standard InChI is InChI=1S/C15H29F3N4O2/c1-14(2,22-6-9-23-10-7-22)11-21-13(19-3)20-5-4-8-24-12-15(16,17)18/h4-12H2,1-3H3,(H2,19,20,21). The number of hydrogen-bond acceptors (Lipinski definition) is 4. The fourth-order valence-corrected chi connectivity index (χ4v) is 2.37. The molecular weight excluding hydrogens is 325 g/mol. The summed E-state index contributed by atoms with van der Waals surface area (Å²) in [4.78, 5) is 6.49. The van der Waals surface area contributed by atoms with Gasteiger partial charge in [-0.05, 0) is 20.3 Å². The van der Waals surface area contributed by atoms with E-state index in [0.29, 0.717) is 25.5 Å². The van der Waals surface area contributed by atoms with Crippen LogP contribution in [-0.4, -0.2) is 82.2 Å². The number of aliphatic imine (C=N–C) groups is 1. The summed E-state index contributed by atoms with van der Waals surface area (Å²) in [6, 6.07) is 0. The van der Waals surface area contributed by atoms with Crippen molar-refractivity contribution in [2.45, 2.75) is 32.0 Å². The lowest BCUT2D eigenvalue weighted by molar-refractivity contribution is -0.173. The molecule has 142 valence electrons. The van der Waals surface area contributed by atoms with E-state index in [-0.39, 0.29) is 12.1 Å². The van der Waals surface area contributed by atoms with Gasteiger partial charge < -0.3 is 20.1 Å². The highest BCUT2D eigenvalue weighted by atomic mass is 19.4. The van der Waals surface area contributed by atoms with Crippen molar-refractivity contribution < 1.29 is 22.6 Å². The minimum atomic E-state index is -4.27. The molecule has 0 saturated carbocycles. The lowest BCUT2D eigenvalue weighted by atomic mass is 10.0. The van der Waals surface area contributed by atoms with Gasteiger partial charge in [0.2, 0.25) is 0 Å². The van der Waals surface area contributed by atoms with Gasteiger partial charge in [-0.25, -0.2) is 0 Å². The number of nitrogens with one attached hydrogen (secondary N) is 2. The van der Waals surface area contributed by atoms with E-state index in [2.05, 4.69) is 39.1 Å². The fraction of sp³-hybridized carbons (Fsp3) is 0.933. The molecule has 1 aliphatic heterocycles. The third-order valence-electron chi connectivity index (χ3n) is 3.80. The van der Waals surface area contributed by atoms with Gasteiger partial charge in [0.25, 0.3) is 0 Å². The Morgan fingerprint density at radius 1 is 1.21 bits per heavy atom. The molecule has 2 N–H and O–H groups in total. The molecule has 0 amide bonds. The number of nitrogens with zero attached hydrogens (tertiary/aromatic N) is 2.